The molecule has 0 amide bonds. The number of benzene rings is 1. The van der Waals surface area contributed by atoms with Gasteiger partial charge in [0.25, 0.3) is 0 Å². The van der Waals surface area contributed by atoms with Gasteiger partial charge in [0.2, 0.25) is 27.9 Å². The van der Waals surface area contributed by atoms with Gasteiger partial charge in [-0.1, -0.05) is 49.3 Å². The Morgan fingerprint density at radius 3 is 2.38 bits per heavy atom. The molecule has 1 unspecified atom stereocenters. The standard InChI is InChI=1S/C28H43N7O3S/c1-20(2)32-27-34-25(30-16-7-17-38-3)33-26(35-27)31-19-22-13-11-21(12-14-22)18-28(39(29,36)37)15-6-9-23-8-4-5-10-24(23)28/h4-6,8-10,20-22H,7,11-19H2,1-3H3,(H2,29,36,37)(H3,30,31,32,33,34,35). The summed E-state index contributed by atoms with van der Waals surface area (Å²) in [7, 11) is -2.10. The number of rotatable bonds is 13. The van der Waals surface area contributed by atoms with Crippen LogP contribution in [0.5, 0.6) is 0 Å². The smallest absolute Gasteiger partial charge is 0.229 e. The highest BCUT2D eigenvalue weighted by molar-refractivity contribution is 7.90. The second-order valence-electron chi connectivity index (χ2n) is 11.1. The Bertz CT molecular complexity index is 1230. The van der Waals surface area contributed by atoms with Gasteiger partial charge in [0.05, 0.1) is 0 Å². The van der Waals surface area contributed by atoms with E-state index in [1.54, 1.807) is 7.11 Å². The molecule has 4 rings (SSSR count). The van der Waals surface area contributed by atoms with Crippen LogP contribution in [0.15, 0.2) is 30.3 Å². The zero-order valence-corrected chi connectivity index (χ0v) is 24.1. The third-order valence-corrected chi connectivity index (χ3v) is 9.38. The lowest BCUT2D eigenvalue weighted by atomic mass is 9.74. The predicted octanol–water partition coefficient (Wildman–Crippen LogP) is 4.35. The number of methoxy groups -OCH3 is 1. The number of nitrogens with two attached hydrogens (primary N) is 1. The molecule has 1 aromatic carbocycles. The first-order valence-electron chi connectivity index (χ1n) is 14.0. The second-order valence-corrected chi connectivity index (χ2v) is 13.0. The molecule has 0 radical (unpaired) electrons. The van der Waals surface area contributed by atoms with E-state index in [2.05, 4.69) is 30.9 Å². The maximum Gasteiger partial charge on any atom is 0.229 e. The number of sulfonamides is 1. The molecule has 1 fully saturated rings. The predicted molar refractivity (Wildman–Crippen MR) is 157 cm³/mol. The van der Waals surface area contributed by atoms with E-state index >= 15 is 0 Å². The number of ether oxygens (including phenoxy) is 1. The lowest BCUT2D eigenvalue weighted by Gasteiger charge is -2.39. The van der Waals surface area contributed by atoms with Crippen molar-refractivity contribution >= 4 is 33.9 Å². The molecule has 1 atom stereocenters. The van der Waals surface area contributed by atoms with Gasteiger partial charge in [-0.3, -0.25) is 0 Å². The molecule has 11 heteroatoms. The molecule has 2 aromatic rings. The Kier molecular flexibility index (Phi) is 9.79. The topological polar surface area (TPSA) is 144 Å². The first-order chi connectivity index (χ1) is 18.7. The van der Waals surface area contributed by atoms with Gasteiger partial charge in [-0.2, -0.15) is 15.0 Å². The lowest BCUT2D eigenvalue weighted by molar-refractivity contribution is 0.197. The van der Waals surface area contributed by atoms with Crippen molar-refractivity contribution in [3.63, 3.8) is 0 Å². The summed E-state index contributed by atoms with van der Waals surface area (Å²) in [5.74, 6) is 2.38. The summed E-state index contributed by atoms with van der Waals surface area (Å²) in [4.78, 5) is 13.6. The van der Waals surface area contributed by atoms with Crippen molar-refractivity contribution in [2.24, 2.45) is 17.0 Å². The highest BCUT2D eigenvalue weighted by atomic mass is 32.2. The number of hydrogen-bond acceptors (Lipinski definition) is 9. The molecule has 2 aliphatic carbocycles. The Morgan fingerprint density at radius 1 is 1.03 bits per heavy atom. The summed E-state index contributed by atoms with van der Waals surface area (Å²) in [6, 6.07) is 7.94. The summed E-state index contributed by atoms with van der Waals surface area (Å²) >= 11 is 0. The van der Waals surface area contributed by atoms with Gasteiger partial charge in [-0.25, -0.2) is 13.6 Å². The number of primary sulfonamides is 1. The summed E-state index contributed by atoms with van der Waals surface area (Å²) < 4.78 is 30.0. The summed E-state index contributed by atoms with van der Waals surface area (Å²) in [6.45, 7) is 6.23. The number of fused-ring (bicyclic) bond motifs is 1. The van der Waals surface area contributed by atoms with Gasteiger partial charge >= 0.3 is 0 Å². The maximum absolute atomic E-state index is 13.0. The number of hydrogen-bond donors (Lipinski definition) is 4. The first-order valence-corrected chi connectivity index (χ1v) is 15.5. The van der Waals surface area contributed by atoms with Crippen LogP contribution in [0, 0.1) is 11.8 Å². The van der Waals surface area contributed by atoms with Crippen molar-refractivity contribution in [1.29, 1.82) is 0 Å². The maximum atomic E-state index is 13.0. The first kappa shape index (κ1) is 29.2. The van der Waals surface area contributed by atoms with Crippen LogP contribution in [-0.2, 0) is 19.5 Å². The minimum Gasteiger partial charge on any atom is -0.385 e. The fraction of sp³-hybridized carbons (Fsp3) is 0.607. The third-order valence-electron chi connectivity index (χ3n) is 7.74. The number of allylic oxidation sites excluding steroid dienone is 1. The SMILES string of the molecule is COCCCNc1nc(NCC2CCC(CC3(S(N)(=O)=O)CC=Cc4ccccc43)CC2)nc(NC(C)C)n1. The molecule has 1 aromatic heterocycles. The summed E-state index contributed by atoms with van der Waals surface area (Å²) in [6.07, 6.45) is 9.78. The van der Waals surface area contributed by atoms with Crippen molar-refractivity contribution in [3.05, 3.63) is 41.5 Å². The van der Waals surface area contributed by atoms with Crippen LogP contribution in [0.4, 0.5) is 17.8 Å². The Balaban J connectivity index is 1.36. The Hall–Kier alpha value is -2.76. The number of nitrogens with zero attached hydrogens (tertiary/aromatic N) is 3. The van der Waals surface area contributed by atoms with E-state index in [1.807, 2.05) is 50.3 Å². The molecule has 39 heavy (non-hydrogen) atoms. The molecule has 1 heterocycles. The molecule has 5 N–H and O–H groups in total. The molecule has 0 saturated heterocycles. The lowest BCUT2D eigenvalue weighted by Crippen LogP contribution is -2.44. The monoisotopic (exact) mass is 557 g/mol. The molecule has 214 valence electrons. The zero-order valence-electron chi connectivity index (χ0n) is 23.3. The van der Waals surface area contributed by atoms with Gasteiger partial charge in [0.15, 0.2) is 0 Å². The fourth-order valence-electron chi connectivity index (χ4n) is 5.74. The van der Waals surface area contributed by atoms with Gasteiger partial charge in [-0.15, -0.1) is 0 Å². The third kappa shape index (κ3) is 7.46. The minimum atomic E-state index is -3.79. The van der Waals surface area contributed by atoms with Crippen LogP contribution >= 0.6 is 0 Å². The van der Waals surface area contributed by atoms with Gasteiger partial charge in [0.1, 0.15) is 4.75 Å². The molecular weight excluding hydrogens is 514 g/mol. The van der Waals surface area contributed by atoms with E-state index in [1.165, 1.54) is 0 Å². The zero-order chi connectivity index (χ0) is 27.9. The molecular formula is C28H43N7O3S. The molecule has 0 aliphatic heterocycles. The van der Waals surface area contributed by atoms with Crippen molar-refractivity contribution in [1.82, 2.24) is 15.0 Å². The van der Waals surface area contributed by atoms with Crippen molar-refractivity contribution < 1.29 is 13.2 Å². The molecule has 2 aliphatic rings. The largest absolute Gasteiger partial charge is 0.385 e. The average Bonchev–Trinajstić information content (AvgIpc) is 2.90. The second kappa shape index (κ2) is 13.1. The summed E-state index contributed by atoms with van der Waals surface area (Å²) in [5.41, 5.74) is 1.79. The Labute approximate surface area is 232 Å². The van der Waals surface area contributed by atoms with Crippen LogP contribution < -0.4 is 21.1 Å². The minimum absolute atomic E-state index is 0.198. The van der Waals surface area contributed by atoms with Crippen LogP contribution in [-0.4, -0.2) is 56.2 Å². The molecule has 1 saturated carbocycles. The summed E-state index contributed by atoms with van der Waals surface area (Å²) in [5, 5.41) is 15.8. The van der Waals surface area contributed by atoms with Crippen molar-refractivity contribution in [2.75, 3.05) is 42.8 Å². The van der Waals surface area contributed by atoms with E-state index in [4.69, 9.17) is 9.88 Å². The van der Waals surface area contributed by atoms with E-state index in [-0.39, 0.29) is 6.04 Å². The van der Waals surface area contributed by atoms with Gasteiger partial charge < -0.3 is 20.7 Å². The average molecular weight is 558 g/mol. The number of nitrogens with one attached hydrogen (secondary N) is 3. The van der Waals surface area contributed by atoms with Gasteiger partial charge in [-0.05, 0) is 68.9 Å². The fourth-order valence-corrected chi connectivity index (χ4v) is 7.03. The molecule has 0 bridgehead atoms. The normalized spacial score (nSPS) is 22.9. The number of aromatic nitrogens is 3. The van der Waals surface area contributed by atoms with Crippen LogP contribution in [0.3, 0.4) is 0 Å². The Morgan fingerprint density at radius 2 is 1.69 bits per heavy atom. The van der Waals surface area contributed by atoms with Gasteiger partial charge in [0, 0.05) is 32.8 Å². The van der Waals surface area contributed by atoms with E-state index < -0.39 is 14.8 Å². The van der Waals surface area contributed by atoms with Crippen LogP contribution in [0.25, 0.3) is 6.08 Å². The molecule has 10 nitrogen and oxygen atoms in total. The van der Waals surface area contributed by atoms with Crippen LogP contribution in [0.1, 0.15) is 69.9 Å². The highest BCUT2D eigenvalue weighted by Gasteiger charge is 2.46. The quantitative estimate of drug-likeness (QED) is 0.264. The van der Waals surface area contributed by atoms with E-state index in [0.717, 1.165) is 49.8 Å². The van der Waals surface area contributed by atoms with Crippen LogP contribution in [0.2, 0.25) is 0 Å². The highest BCUT2D eigenvalue weighted by Crippen LogP contribution is 2.46. The van der Waals surface area contributed by atoms with Crippen molar-refractivity contribution in [3.8, 4) is 0 Å². The number of anilines is 3. The molecule has 0 spiro atoms. The van der Waals surface area contributed by atoms with E-state index in [0.29, 0.717) is 55.7 Å². The van der Waals surface area contributed by atoms with Crippen molar-refractivity contribution in [2.45, 2.75) is 69.6 Å². The van der Waals surface area contributed by atoms with E-state index in [9.17, 15) is 8.42 Å².